The minimum atomic E-state index is -0.365. The van der Waals surface area contributed by atoms with E-state index in [2.05, 4.69) is 15.6 Å². The van der Waals surface area contributed by atoms with Crippen LogP contribution in [0, 0.1) is 13.8 Å². The number of hydrogen-bond acceptors (Lipinski definition) is 5. The lowest BCUT2D eigenvalue weighted by atomic mass is 10.2. The third-order valence-electron chi connectivity index (χ3n) is 4.51. The number of benzene rings is 2. The first kappa shape index (κ1) is 22.8. The number of ether oxygens (including phenoxy) is 2. The smallest absolute Gasteiger partial charge is 0.270 e. The maximum absolute atomic E-state index is 12.3. The van der Waals surface area contributed by atoms with Crippen LogP contribution in [-0.2, 0) is 0 Å². The Morgan fingerprint density at radius 2 is 1.16 bits per heavy atom. The number of pyridine rings is 1. The third-order valence-corrected chi connectivity index (χ3v) is 4.51. The second-order valence-electron chi connectivity index (χ2n) is 7.25. The maximum atomic E-state index is 12.3. The molecule has 0 bridgehead atoms. The van der Waals surface area contributed by atoms with Gasteiger partial charge in [-0.1, -0.05) is 30.3 Å². The molecule has 0 saturated carbocycles. The first-order valence-electron chi connectivity index (χ1n) is 10.4. The number of hydrogen-bond donors (Lipinski definition) is 2. The quantitative estimate of drug-likeness (QED) is 0.479. The number of carbonyl (C=O) groups is 2. The molecule has 166 valence electrons. The van der Waals surface area contributed by atoms with Crippen LogP contribution in [0.15, 0.2) is 66.7 Å². The van der Waals surface area contributed by atoms with E-state index in [0.29, 0.717) is 26.3 Å². The fourth-order valence-corrected chi connectivity index (χ4v) is 2.95. The molecule has 0 aliphatic heterocycles. The fraction of sp³-hybridized carbons (Fsp3) is 0.240. The summed E-state index contributed by atoms with van der Waals surface area (Å²) in [6, 6.07) is 20.1. The van der Waals surface area contributed by atoms with E-state index in [-0.39, 0.29) is 23.2 Å². The van der Waals surface area contributed by atoms with Gasteiger partial charge in [-0.2, -0.15) is 0 Å². The normalized spacial score (nSPS) is 10.3. The van der Waals surface area contributed by atoms with E-state index in [0.717, 1.165) is 22.6 Å². The highest BCUT2D eigenvalue weighted by Gasteiger charge is 2.12. The van der Waals surface area contributed by atoms with E-state index >= 15 is 0 Å². The van der Waals surface area contributed by atoms with Crippen LogP contribution in [0.4, 0.5) is 0 Å². The Kier molecular flexibility index (Phi) is 8.20. The predicted octanol–water partition coefficient (Wildman–Crippen LogP) is 3.32. The van der Waals surface area contributed by atoms with E-state index in [9.17, 15) is 9.59 Å². The van der Waals surface area contributed by atoms with E-state index in [1.54, 1.807) is 18.2 Å². The average Bonchev–Trinajstić information content (AvgIpc) is 2.79. The molecule has 0 atom stereocenters. The Labute approximate surface area is 187 Å². The minimum absolute atomic E-state index is 0.171. The summed E-state index contributed by atoms with van der Waals surface area (Å²) >= 11 is 0. The lowest BCUT2D eigenvalue weighted by Gasteiger charge is -2.09. The van der Waals surface area contributed by atoms with Gasteiger partial charge in [0.05, 0.1) is 13.1 Å². The van der Waals surface area contributed by atoms with Gasteiger partial charge in [-0.15, -0.1) is 0 Å². The summed E-state index contributed by atoms with van der Waals surface area (Å²) in [5.74, 6) is 0.774. The molecule has 2 N–H and O–H groups in total. The van der Waals surface area contributed by atoms with E-state index in [4.69, 9.17) is 9.47 Å². The molecule has 0 aliphatic rings. The second kappa shape index (κ2) is 11.5. The van der Waals surface area contributed by atoms with Crippen LogP contribution in [0.1, 0.15) is 32.1 Å². The van der Waals surface area contributed by atoms with E-state index < -0.39 is 0 Å². The molecule has 32 heavy (non-hydrogen) atoms. The average molecular weight is 434 g/mol. The largest absolute Gasteiger partial charge is 0.492 e. The number of aryl methyl sites for hydroxylation is 2. The predicted molar refractivity (Wildman–Crippen MR) is 122 cm³/mol. The lowest BCUT2D eigenvalue weighted by Crippen LogP contribution is -2.31. The SMILES string of the molecule is Cc1cccc(OCCNC(=O)c2cccc(C(=O)NCCOc3cccc(C)c3)n2)c1. The Balaban J connectivity index is 1.42. The molecule has 3 rings (SSSR count). The van der Waals surface area contributed by atoms with Crippen LogP contribution in [0.25, 0.3) is 0 Å². The third kappa shape index (κ3) is 7.12. The van der Waals surface area contributed by atoms with Gasteiger partial charge in [0.2, 0.25) is 0 Å². The number of aromatic nitrogens is 1. The van der Waals surface area contributed by atoms with Gasteiger partial charge < -0.3 is 20.1 Å². The van der Waals surface area contributed by atoms with Gasteiger partial charge in [-0.05, 0) is 61.4 Å². The van der Waals surface area contributed by atoms with Crippen molar-refractivity contribution in [3.8, 4) is 11.5 Å². The molecule has 7 heteroatoms. The molecule has 0 spiro atoms. The van der Waals surface area contributed by atoms with Gasteiger partial charge in [-0.3, -0.25) is 9.59 Å². The number of nitrogens with one attached hydrogen (secondary N) is 2. The minimum Gasteiger partial charge on any atom is -0.492 e. The summed E-state index contributed by atoms with van der Waals surface area (Å²) in [4.78, 5) is 28.9. The molecule has 2 amide bonds. The molecule has 7 nitrogen and oxygen atoms in total. The summed E-state index contributed by atoms with van der Waals surface area (Å²) in [6.07, 6.45) is 0. The highest BCUT2D eigenvalue weighted by atomic mass is 16.5. The molecule has 0 unspecified atom stereocenters. The zero-order valence-electron chi connectivity index (χ0n) is 18.3. The molecular weight excluding hydrogens is 406 g/mol. The van der Waals surface area contributed by atoms with Gasteiger partial charge in [0, 0.05) is 0 Å². The maximum Gasteiger partial charge on any atom is 0.270 e. The first-order valence-corrected chi connectivity index (χ1v) is 10.4. The van der Waals surface area contributed by atoms with Gasteiger partial charge in [0.15, 0.2) is 0 Å². The van der Waals surface area contributed by atoms with Gasteiger partial charge in [0.1, 0.15) is 36.1 Å². The molecule has 0 aliphatic carbocycles. The van der Waals surface area contributed by atoms with E-state index in [1.165, 1.54) is 0 Å². The van der Waals surface area contributed by atoms with E-state index in [1.807, 2.05) is 62.4 Å². The molecule has 1 aromatic heterocycles. The fourth-order valence-electron chi connectivity index (χ4n) is 2.95. The summed E-state index contributed by atoms with van der Waals surface area (Å²) in [5.41, 5.74) is 2.55. The standard InChI is InChI=1S/C25H27N3O4/c1-18-6-3-8-20(16-18)31-14-12-26-24(29)22-10-5-11-23(28-22)25(30)27-13-15-32-21-9-4-7-19(2)17-21/h3-11,16-17H,12-15H2,1-2H3,(H,26,29)(H,27,30). The van der Waals surface area contributed by atoms with Crippen molar-refractivity contribution in [2.45, 2.75) is 13.8 Å². The topological polar surface area (TPSA) is 89.5 Å². The number of amides is 2. The number of rotatable bonds is 10. The lowest BCUT2D eigenvalue weighted by molar-refractivity contribution is 0.0937. The van der Waals surface area contributed by atoms with Crippen molar-refractivity contribution in [3.63, 3.8) is 0 Å². The summed E-state index contributed by atoms with van der Waals surface area (Å²) in [5, 5.41) is 5.49. The van der Waals surface area contributed by atoms with Gasteiger partial charge in [0.25, 0.3) is 11.8 Å². The van der Waals surface area contributed by atoms with Crippen LogP contribution < -0.4 is 20.1 Å². The summed E-state index contributed by atoms with van der Waals surface area (Å²) in [7, 11) is 0. The van der Waals surface area contributed by atoms with Crippen molar-refractivity contribution in [1.29, 1.82) is 0 Å². The Morgan fingerprint density at radius 1 is 0.719 bits per heavy atom. The van der Waals surface area contributed by atoms with Crippen molar-refractivity contribution in [3.05, 3.63) is 89.2 Å². The van der Waals surface area contributed by atoms with Gasteiger partial charge in [-0.25, -0.2) is 4.98 Å². The first-order chi connectivity index (χ1) is 15.5. The Hall–Kier alpha value is -3.87. The van der Waals surface area contributed by atoms with Crippen molar-refractivity contribution < 1.29 is 19.1 Å². The highest BCUT2D eigenvalue weighted by molar-refractivity contribution is 5.96. The molecule has 0 saturated heterocycles. The molecule has 0 radical (unpaired) electrons. The summed E-state index contributed by atoms with van der Waals surface area (Å²) < 4.78 is 11.2. The van der Waals surface area contributed by atoms with Crippen LogP contribution in [-0.4, -0.2) is 43.1 Å². The van der Waals surface area contributed by atoms with Crippen LogP contribution in [0.3, 0.4) is 0 Å². The molecular formula is C25H27N3O4. The van der Waals surface area contributed by atoms with Crippen LogP contribution in [0.5, 0.6) is 11.5 Å². The van der Waals surface area contributed by atoms with Crippen molar-refractivity contribution in [1.82, 2.24) is 15.6 Å². The van der Waals surface area contributed by atoms with Gasteiger partial charge >= 0.3 is 0 Å². The number of nitrogens with zero attached hydrogens (tertiary/aromatic N) is 1. The van der Waals surface area contributed by atoms with Crippen LogP contribution in [0.2, 0.25) is 0 Å². The number of carbonyl (C=O) groups excluding carboxylic acids is 2. The molecule has 3 aromatic rings. The summed E-state index contributed by atoms with van der Waals surface area (Å²) in [6.45, 7) is 5.27. The van der Waals surface area contributed by atoms with Crippen LogP contribution >= 0.6 is 0 Å². The molecule has 0 fully saturated rings. The molecule has 2 aromatic carbocycles. The van der Waals surface area contributed by atoms with Crippen molar-refractivity contribution in [2.75, 3.05) is 26.3 Å². The second-order valence-corrected chi connectivity index (χ2v) is 7.25. The zero-order chi connectivity index (χ0) is 22.8. The Bertz CT molecular complexity index is 988. The zero-order valence-corrected chi connectivity index (χ0v) is 18.3. The monoisotopic (exact) mass is 433 g/mol. The molecule has 1 heterocycles. The van der Waals surface area contributed by atoms with Crippen molar-refractivity contribution >= 4 is 11.8 Å². The highest BCUT2D eigenvalue weighted by Crippen LogP contribution is 2.12. The van der Waals surface area contributed by atoms with Crippen molar-refractivity contribution in [2.24, 2.45) is 0 Å². The Morgan fingerprint density at radius 3 is 1.59 bits per heavy atom.